The van der Waals surface area contributed by atoms with Crippen LogP contribution in [-0.4, -0.2) is 39.3 Å². The number of anilines is 1. The molecule has 3 N–H and O–H groups in total. The van der Waals surface area contributed by atoms with Gasteiger partial charge in [-0.2, -0.15) is 5.26 Å². The van der Waals surface area contributed by atoms with Gasteiger partial charge in [-0.05, 0) is 29.5 Å². The third-order valence-electron chi connectivity index (χ3n) is 6.83. The number of benzene rings is 2. The minimum atomic E-state index is -0.712. The molecule has 0 saturated heterocycles. The molecule has 0 aromatic heterocycles. The van der Waals surface area contributed by atoms with E-state index in [1.54, 1.807) is 29.2 Å². The van der Waals surface area contributed by atoms with Gasteiger partial charge in [0.25, 0.3) is 0 Å². The summed E-state index contributed by atoms with van der Waals surface area (Å²) >= 11 is 0. The van der Waals surface area contributed by atoms with Gasteiger partial charge in [0, 0.05) is 29.8 Å². The molecule has 2 aromatic rings. The summed E-state index contributed by atoms with van der Waals surface area (Å²) in [5, 5.41) is 20.4. The van der Waals surface area contributed by atoms with Gasteiger partial charge in [-0.15, -0.1) is 0 Å². The first-order valence-electron chi connectivity index (χ1n) is 11.7. The first-order chi connectivity index (χ1) is 17.6. The lowest BCUT2D eigenvalue weighted by molar-refractivity contribution is -0.118. The zero-order valence-electron chi connectivity index (χ0n) is 21.8. The number of nitriles is 1. The predicted molar refractivity (Wildman–Crippen MR) is 138 cm³/mol. The van der Waals surface area contributed by atoms with E-state index in [9.17, 15) is 15.2 Å². The number of carbonyl (C=O) groups is 1. The maximum atomic E-state index is 13.7. The van der Waals surface area contributed by atoms with Crippen molar-refractivity contribution in [1.29, 1.82) is 5.26 Å². The summed E-state index contributed by atoms with van der Waals surface area (Å²) < 4.78 is 21.9. The molecule has 0 spiro atoms. The summed E-state index contributed by atoms with van der Waals surface area (Å²) in [6, 6.07) is 10.5. The third-order valence-corrected chi connectivity index (χ3v) is 6.83. The van der Waals surface area contributed by atoms with Gasteiger partial charge < -0.3 is 29.8 Å². The SMILES string of the molecule is COc1cc(C2C(C#N)=C(N)N(c3cc(OC)c(OC)c(OC)c3)C3=C2C(=O)CC(C)(C)C3)ccc1O. The van der Waals surface area contributed by atoms with Crippen molar-refractivity contribution < 1.29 is 28.8 Å². The van der Waals surface area contributed by atoms with Gasteiger partial charge in [-0.25, -0.2) is 0 Å². The van der Waals surface area contributed by atoms with Crippen molar-refractivity contribution in [2.24, 2.45) is 11.1 Å². The molecule has 0 amide bonds. The number of Topliss-reactive ketones (excluding diaryl/α,β-unsaturated/α-hetero) is 1. The van der Waals surface area contributed by atoms with Crippen LogP contribution in [0.1, 0.15) is 38.2 Å². The topological polar surface area (TPSA) is 127 Å². The van der Waals surface area contributed by atoms with E-state index in [4.69, 9.17) is 24.7 Å². The second-order valence-corrected chi connectivity index (χ2v) is 9.80. The number of nitrogens with zero attached hydrogens (tertiary/aromatic N) is 2. The van der Waals surface area contributed by atoms with E-state index >= 15 is 0 Å². The van der Waals surface area contributed by atoms with Crippen LogP contribution in [0.15, 0.2) is 53.0 Å². The molecule has 194 valence electrons. The molecule has 1 atom stereocenters. The highest BCUT2D eigenvalue weighted by atomic mass is 16.5. The highest BCUT2D eigenvalue weighted by molar-refractivity contribution is 6.01. The molecular formula is C28H31N3O6. The van der Waals surface area contributed by atoms with E-state index in [2.05, 4.69) is 6.07 Å². The van der Waals surface area contributed by atoms with Crippen LogP contribution in [0.5, 0.6) is 28.7 Å². The Balaban J connectivity index is 2.03. The molecule has 9 heteroatoms. The van der Waals surface area contributed by atoms with E-state index in [1.807, 2.05) is 13.8 Å². The van der Waals surface area contributed by atoms with Crippen molar-refractivity contribution in [1.82, 2.24) is 0 Å². The number of carbonyl (C=O) groups excluding carboxylic acids is 1. The smallest absolute Gasteiger partial charge is 0.203 e. The molecule has 1 heterocycles. The van der Waals surface area contributed by atoms with Gasteiger partial charge in [0.15, 0.2) is 28.8 Å². The minimum absolute atomic E-state index is 0.0399. The monoisotopic (exact) mass is 505 g/mol. The number of phenolic OH excluding ortho intramolecular Hbond substituents is 1. The molecule has 0 saturated carbocycles. The number of hydrogen-bond donors (Lipinski definition) is 2. The summed E-state index contributed by atoms with van der Waals surface area (Å²) in [6.45, 7) is 4.06. The molecule has 4 rings (SSSR count). The minimum Gasteiger partial charge on any atom is -0.504 e. The summed E-state index contributed by atoms with van der Waals surface area (Å²) in [7, 11) is 6.00. The maximum absolute atomic E-state index is 13.7. The number of hydrogen-bond acceptors (Lipinski definition) is 9. The van der Waals surface area contributed by atoms with Gasteiger partial charge in [0.1, 0.15) is 5.82 Å². The Hall–Kier alpha value is -4.32. The van der Waals surface area contributed by atoms with Crippen molar-refractivity contribution >= 4 is 11.5 Å². The van der Waals surface area contributed by atoms with E-state index in [-0.39, 0.29) is 34.1 Å². The molecule has 1 unspecified atom stereocenters. The predicted octanol–water partition coefficient (Wildman–Crippen LogP) is 4.37. The van der Waals surface area contributed by atoms with E-state index in [0.717, 1.165) is 0 Å². The van der Waals surface area contributed by atoms with E-state index in [0.29, 0.717) is 52.6 Å². The highest BCUT2D eigenvalue weighted by Gasteiger charge is 2.45. The lowest BCUT2D eigenvalue weighted by atomic mass is 9.68. The van der Waals surface area contributed by atoms with Crippen LogP contribution >= 0.6 is 0 Å². The summed E-state index contributed by atoms with van der Waals surface area (Å²) in [5.41, 5.74) is 9.00. The fraction of sp³-hybridized carbons (Fsp3) is 0.357. The maximum Gasteiger partial charge on any atom is 0.203 e. The van der Waals surface area contributed by atoms with Gasteiger partial charge in [-0.3, -0.25) is 9.69 Å². The molecule has 0 bridgehead atoms. The fourth-order valence-electron chi connectivity index (χ4n) is 5.21. The molecule has 9 nitrogen and oxygen atoms in total. The third kappa shape index (κ3) is 4.29. The lowest BCUT2D eigenvalue weighted by Gasteiger charge is -2.44. The molecule has 0 radical (unpaired) electrons. The Morgan fingerprint density at radius 1 is 1.00 bits per heavy atom. The summed E-state index contributed by atoms with van der Waals surface area (Å²) in [4.78, 5) is 15.5. The van der Waals surface area contributed by atoms with Crippen LogP contribution < -0.4 is 29.6 Å². The van der Waals surface area contributed by atoms with Crippen LogP contribution in [0.2, 0.25) is 0 Å². The molecule has 2 aliphatic rings. The molecule has 2 aromatic carbocycles. The first kappa shape index (κ1) is 25.8. The second-order valence-electron chi connectivity index (χ2n) is 9.80. The van der Waals surface area contributed by atoms with Crippen molar-refractivity contribution in [3.8, 4) is 34.8 Å². The van der Waals surface area contributed by atoms with Gasteiger partial charge in [0.2, 0.25) is 5.75 Å². The number of allylic oxidation sites excluding steroid dienone is 3. The Labute approximate surface area is 216 Å². The van der Waals surface area contributed by atoms with Crippen molar-refractivity contribution in [3.05, 3.63) is 58.6 Å². The largest absolute Gasteiger partial charge is 0.504 e. The van der Waals surface area contributed by atoms with Gasteiger partial charge in [-0.1, -0.05) is 19.9 Å². The number of methoxy groups -OCH3 is 4. The van der Waals surface area contributed by atoms with E-state index < -0.39 is 5.92 Å². The molecular weight excluding hydrogens is 474 g/mol. The summed E-state index contributed by atoms with van der Waals surface area (Å²) in [5.74, 6) is 0.856. The van der Waals surface area contributed by atoms with E-state index in [1.165, 1.54) is 34.5 Å². The Morgan fingerprint density at radius 2 is 1.62 bits per heavy atom. The average molecular weight is 506 g/mol. The van der Waals surface area contributed by atoms with Crippen molar-refractivity contribution in [2.45, 2.75) is 32.6 Å². The van der Waals surface area contributed by atoms with Crippen LogP contribution in [0.25, 0.3) is 0 Å². The molecule has 1 aliphatic carbocycles. The first-order valence-corrected chi connectivity index (χ1v) is 11.7. The highest BCUT2D eigenvalue weighted by Crippen LogP contribution is 2.52. The number of rotatable bonds is 6. The Kier molecular flexibility index (Phi) is 6.70. The molecule has 0 fully saturated rings. The molecule has 1 aliphatic heterocycles. The summed E-state index contributed by atoms with van der Waals surface area (Å²) in [6.07, 6.45) is 0.856. The second kappa shape index (κ2) is 9.62. The number of ether oxygens (including phenoxy) is 4. The van der Waals surface area contributed by atoms with Crippen LogP contribution in [-0.2, 0) is 4.79 Å². The number of aromatic hydroxyl groups is 1. The van der Waals surface area contributed by atoms with Crippen LogP contribution in [0, 0.1) is 16.7 Å². The lowest BCUT2D eigenvalue weighted by Crippen LogP contribution is -2.42. The zero-order valence-corrected chi connectivity index (χ0v) is 21.8. The van der Waals surface area contributed by atoms with Crippen LogP contribution in [0.4, 0.5) is 5.69 Å². The van der Waals surface area contributed by atoms with Crippen LogP contribution in [0.3, 0.4) is 0 Å². The Bertz CT molecular complexity index is 1340. The number of phenols is 1. The Morgan fingerprint density at radius 3 is 2.16 bits per heavy atom. The normalized spacial score (nSPS) is 18.8. The zero-order chi connectivity index (χ0) is 27.1. The van der Waals surface area contributed by atoms with Gasteiger partial charge >= 0.3 is 0 Å². The average Bonchev–Trinajstić information content (AvgIpc) is 2.86. The van der Waals surface area contributed by atoms with Crippen molar-refractivity contribution in [3.63, 3.8) is 0 Å². The number of nitrogens with two attached hydrogens (primary N) is 1. The number of ketones is 1. The van der Waals surface area contributed by atoms with Gasteiger partial charge in [0.05, 0.1) is 51.7 Å². The quantitative estimate of drug-likeness (QED) is 0.588. The molecule has 37 heavy (non-hydrogen) atoms. The fourth-order valence-corrected chi connectivity index (χ4v) is 5.21. The van der Waals surface area contributed by atoms with Crippen molar-refractivity contribution in [2.75, 3.05) is 33.3 Å². The standard InChI is InChI=1S/C28H31N3O6/c1-28(2)12-18-25(20(33)13-28)24(15-7-8-19(32)21(9-15)34-3)17(14-29)27(30)31(18)16-10-22(35-4)26(37-6)23(11-16)36-5/h7-11,24,32H,12-13,30H2,1-6H3.